The van der Waals surface area contributed by atoms with Crippen LogP contribution in [0, 0.1) is 0 Å². The van der Waals surface area contributed by atoms with Gasteiger partial charge in [-0.15, -0.1) is 11.3 Å². The van der Waals surface area contributed by atoms with E-state index in [0.717, 1.165) is 83.9 Å². The molecule has 3 aromatic heterocycles. The molecule has 0 saturated heterocycles. The average Bonchev–Trinajstić information content (AvgIpc) is 1.67. The van der Waals surface area contributed by atoms with Crippen molar-refractivity contribution in [2.45, 2.75) is 0 Å². The summed E-state index contributed by atoms with van der Waals surface area (Å²) in [6.07, 6.45) is 0. The monoisotopic (exact) mass is 1120 g/mol. The number of benzene rings is 14. The lowest BCUT2D eigenvalue weighted by molar-refractivity contribution is 1.16. The Morgan fingerprint density at radius 3 is 1.45 bits per heavy atom. The van der Waals surface area contributed by atoms with Gasteiger partial charge in [-0.3, -0.25) is 0 Å². The number of thiophene rings is 1. The minimum absolute atomic E-state index is 0.666. The van der Waals surface area contributed by atoms with Crippen LogP contribution in [0.5, 0.6) is 0 Å². The first-order valence-electron chi connectivity index (χ1n) is 29.6. The standard InChI is InChI=1S/C82H52N4S/c1-5-22-53(23-6-1)54-40-42-59(43-41-54)85(77-39-20-19-38-68(77)63-33-14-13-32-62(63)55-24-7-2-8-25-55)61-44-47-78-73(49-61)69-45-46-70-74-50-71-66-36-17-15-34-64(66)65-35-16-18-37-67(65)72(71)51-79(74)87-81(70)80(69)86(78)60-31-21-30-58(48-60)82-83-75(56-26-9-3-10-27-56)52-76(84-82)57-28-11-4-12-29-57/h1-52H. The second kappa shape index (κ2) is 20.8. The van der Waals surface area contributed by atoms with Crippen molar-refractivity contribution in [2.24, 2.45) is 0 Å². The van der Waals surface area contributed by atoms with Gasteiger partial charge in [0.05, 0.1) is 32.8 Å². The summed E-state index contributed by atoms with van der Waals surface area (Å²) >= 11 is 1.89. The second-order valence-corrected chi connectivity index (χ2v) is 23.4. The van der Waals surface area contributed by atoms with E-state index in [2.05, 4.69) is 313 Å². The molecule has 0 bridgehead atoms. The summed E-state index contributed by atoms with van der Waals surface area (Å²) in [7, 11) is 0. The number of aromatic nitrogens is 3. The number of para-hydroxylation sites is 1. The van der Waals surface area contributed by atoms with Gasteiger partial charge < -0.3 is 9.47 Å². The molecule has 17 aromatic rings. The fraction of sp³-hybridized carbons (Fsp3) is 0. The van der Waals surface area contributed by atoms with Gasteiger partial charge in [0.1, 0.15) is 0 Å². The number of fused-ring (bicyclic) bond motifs is 13. The summed E-state index contributed by atoms with van der Waals surface area (Å²) in [5.41, 5.74) is 18.2. The largest absolute Gasteiger partial charge is 0.310 e. The van der Waals surface area contributed by atoms with Crippen molar-refractivity contribution >= 4 is 103 Å². The van der Waals surface area contributed by atoms with Crippen molar-refractivity contribution in [2.75, 3.05) is 4.90 Å². The summed E-state index contributed by atoms with van der Waals surface area (Å²) in [5, 5.41) is 12.4. The highest BCUT2D eigenvalue weighted by molar-refractivity contribution is 7.26. The van der Waals surface area contributed by atoms with Crippen molar-refractivity contribution in [1.29, 1.82) is 0 Å². The van der Waals surface area contributed by atoms with E-state index in [1.165, 1.54) is 74.6 Å². The SMILES string of the molecule is c1ccc(-c2ccc(N(c3ccc4c(c3)c3ccc5c6cc7c8ccccc8c8ccccc8c7cc6sc5c3n4-c3cccc(-c4nc(-c5ccccc5)cc(-c5ccccc5)n4)c3)c3ccccc3-c3ccccc3-c3ccccc3)cc2)cc1. The fourth-order valence-corrected chi connectivity index (χ4v) is 14.6. The summed E-state index contributed by atoms with van der Waals surface area (Å²) in [5.74, 6) is 0.666. The van der Waals surface area contributed by atoms with Gasteiger partial charge in [-0.05, 0) is 127 Å². The van der Waals surface area contributed by atoms with Gasteiger partial charge in [0, 0.05) is 65.6 Å². The van der Waals surface area contributed by atoms with Gasteiger partial charge in [0.15, 0.2) is 5.82 Å². The highest BCUT2D eigenvalue weighted by Crippen LogP contribution is 2.49. The maximum atomic E-state index is 5.33. The smallest absolute Gasteiger partial charge is 0.160 e. The molecule has 87 heavy (non-hydrogen) atoms. The molecule has 4 nitrogen and oxygen atoms in total. The van der Waals surface area contributed by atoms with E-state index >= 15 is 0 Å². The number of hydrogen-bond donors (Lipinski definition) is 0. The predicted molar refractivity (Wildman–Crippen MR) is 369 cm³/mol. The summed E-state index contributed by atoms with van der Waals surface area (Å²) in [6.45, 7) is 0. The van der Waals surface area contributed by atoms with Gasteiger partial charge in [0.25, 0.3) is 0 Å². The molecular weight excluding hydrogens is 1070 g/mol. The molecule has 0 aliphatic carbocycles. The molecule has 17 rings (SSSR count). The highest BCUT2D eigenvalue weighted by atomic mass is 32.1. The molecule has 3 heterocycles. The maximum Gasteiger partial charge on any atom is 0.160 e. The number of hydrogen-bond acceptors (Lipinski definition) is 4. The van der Waals surface area contributed by atoms with Crippen LogP contribution in [0.3, 0.4) is 0 Å². The van der Waals surface area contributed by atoms with E-state index in [1.54, 1.807) is 0 Å². The summed E-state index contributed by atoms with van der Waals surface area (Å²) in [4.78, 5) is 13.1. The zero-order valence-corrected chi connectivity index (χ0v) is 48.0. The lowest BCUT2D eigenvalue weighted by Gasteiger charge is -2.29. The van der Waals surface area contributed by atoms with Crippen LogP contribution in [0.25, 0.3) is 147 Å². The van der Waals surface area contributed by atoms with Crippen molar-refractivity contribution in [3.05, 3.63) is 315 Å². The van der Waals surface area contributed by atoms with Crippen LogP contribution < -0.4 is 4.90 Å². The van der Waals surface area contributed by atoms with E-state index in [-0.39, 0.29) is 0 Å². The highest BCUT2D eigenvalue weighted by Gasteiger charge is 2.24. The Labute approximate surface area is 507 Å². The van der Waals surface area contributed by atoms with E-state index in [9.17, 15) is 0 Å². The van der Waals surface area contributed by atoms with Crippen molar-refractivity contribution in [3.8, 4) is 73.0 Å². The minimum Gasteiger partial charge on any atom is -0.310 e. The first-order valence-corrected chi connectivity index (χ1v) is 30.4. The molecule has 0 aliphatic heterocycles. The molecule has 0 aliphatic rings. The topological polar surface area (TPSA) is 34.0 Å². The quantitative estimate of drug-likeness (QED) is 0.128. The van der Waals surface area contributed by atoms with E-state index in [1.807, 2.05) is 23.5 Å². The van der Waals surface area contributed by atoms with Crippen LogP contribution in [0.2, 0.25) is 0 Å². The Balaban J connectivity index is 0.922. The number of nitrogens with zero attached hydrogens (tertiary/aromatic N) is 4. The number of anilines is 3. The van der Waals surface area contributed by atoms with Crippen molar-refractivity contribution in [3.63, 3.8) is 0 Å². The Morgan fingerprint density at radius 2 is 0.793 bits per heavy atom. The third kappa shape index (κ3) is 8.58. The first-order chi connectivity index (χ1) is 43.1. The van der Waals surface area contributed by atoms with E-state index < -0.39 is 0 Å². The zero-order valence-electron chi connectivity index (χ0n) is 47.2. The molecule has 0 amide bonds. The van der Waals surface area contributed by atoms with Crippen LogP contribution in [0.1, 0.15) is 0 Å². The van der Waals surface area contributed by atoms with Crippen molar-refractivity contribution in [1.82, 2.24) is 14.5 Å². The van der Waals surface area contributed by atoms with Crippen molar-refractivity contribution < 1.29 is 0 Å². The van der Waals surface area contributed by atoms with Gasteiger partial charge >= 0.3 is 0 Å². The average molecular weight is 1130 g/mol. The molecule has 0 radical (unpaired) electrons. The molecule has 406 valence electrons. The molecule has 0 spiro atoms. The minimum atomic E-state index is 0.666. The third-order valence-corrected chi connectivity index (χ3v) is 18.6. The van der Waals surface area contributed by atoms with Gasteiger partial charge in [0.2, 0.25) is 0 Å². The Kier molecular flexibility index (Phi) is 12.0. The molecular formula is C82H52N4S. The Bertz CT molecular complexity index is 5440. The van der Waals surface area contributed by atoms with Gasteiger partial charge in [-0.2, -0.15) is 0 Å². The molecule has 0 saturated carbocycles. The van der Waals surface area contributed by atoms with Crippen LogP contribution in [0.4, 0.5) is 17.1 Å². The lowest BCUT2D eigenvalue weighted by atomic mass is 9.93. The fourth-order valence-electron chi connectivity index (χ4n) is 13.3. The third-order valence-electron chi connectivity index (χ3n) is 17.4. The van der Waals surface area contributed by atoms with E-state index in [0.29, 0.717) is 5.82 Å². The van der Waals surface area contributed by atoms with Crippen LogP contribution in [-0.2, 0) is 0 Å². The van der Waals surface area contributed by atoms with E-state index in [4.69, 9.17) is 9.97 Å². The molecule has 0 atom stereocenters. The predicted octanol–water partition coefficient (Wildman–Crippen LogP) is 22.9. The normalized spacial score (nSPS) is 11.7. The lowest BCUT2D eigenvalue weighted by Crippen LogP contribution is -2.11. The summed E-state index contributed by atoms with van der Waals surface area (Å²) < 4.78 is 5.00. The second-order valence-electron chi connectivity index (χ2n) is 22.4. The van der Waals surface area contributed by atoms with Gasteiger partial charge in [-0.25, -0.2) is 9.97 Å². The first kappa shape index (κ1) is 50.3. The number of rotatable bonds is 10. The van der Waals surface area contributed by atoms with Crippen LogP contribution >= 0.6 is 11.3 Å². The molecule has 5 heteroatoms. The molecule has 14 aromatic carbocycles. The van der Waals surface area contributed by atoms with Crippen LogP contribution in [-0.4, -0.2) is 14.5 Å². The van der Waals surface area contributed by atoms with Crippen LogP contribution in [0.15, 0.2) is 315 Å². The van der Waals surface area contributed by atoms with Gasteiger partial charge in [-0.1, -0.05) is 249 Å². The molecule has 0 fully saturated rings. The zero-order chi connectivity index (χ0) is 57.4. The molecule has 0 N–H and O–H groups in total. The Morgan fingerprint density at radius 1 is 0.287 bits per heavy atom. The maximum absolute atomic E-state index is 5.33. The Hall–Kier alpha value is -11.2. The summed E-state index contributed by atoms with van der Waals surface area (Å²) in [6, 6.07) is 114. The molecule has 0 unspecified atom stereocenters.